The molecule has 0 aromatic heterocycles. The fourth-order valence-electron chi connectivity index (χ4n) is 3.90. The first kappa shape index (κ1) is 18.2. The minimum Gasteiger partial charge on any atom is -0.373 e. The van der Waals surface area contributed by atoms with Gasteiger partial charge in [0.1, 0.15) is 0 Å². The zero-order valence-corrected chi connectivity index (χ0v) is 16.8. The standard InChI is InChI=1S/C24H27N2P/c1-26(19-20-11-10-18-25-20)23-16-8-9-17-24(23)27(21-12-4-2-5-13-21)22-14-6-3-7-15-22/h2-9,12-17,20,25H,10-11,18-19H2,1H3. The maximum atomic E-state index is 3.63. The second kappa shape index (κ2) is 8.69. The van der Waals surface area contributed by atoms with E-state index in [4.69, 9.17) is 0 Å². The zero-order chi connectivity index (χ0) is 18.5. The Morgan fingerprint density at radius 1 is 0.852 bits per heavy atom. The normalized spacial score (nSPS) is 16.6. The van der Waals surface area contributed by atoms with Gasteiger partial charge in [0.15, 0.2) is 0 Å². The summed E-state index contributed by atoms with van der Waals surface area (Å²) in [6, 6.07) is 31.5. The second-order valence-corrected chi connectivity index (χ2v) is 9.35. The average Bonchev–Trinajstić information content (AvgIpc) is 3.23. The van der Waals surface area contributed by atoms with Crippen molar-refractivity contribution in [1.29, 1.82) is 0 Å². The van der Waals surface area contributed by atoms with Crippen LogP contribution in [-0.4, -0.2) is 26.2 Å². The van der Waals surface area contributed by atoms with Crippen molar-refractivity contribution in [2.45, 2.75) is 18.9 Å². The fourth-order valence-corrected chi connectivity index (χ4v) is 6.40. The van der Waals surface area contributed by atoms with Crippen LogP contribution in [0.15, 0.2) is 84.9 Å². The van der Waals surface area contributed by atoms with Crippen LogP contribution >= 0.6 is 7.92 Å². The van der Waals surface area contributed by atoms with Gasteiger partial charge in [-0.25, -0.2) is 0 Å². The molecule has 3 aromatic rings. The molecule has 27 heavy (non-hydrogen) atoms. The van der Waals surface area contributed by atoms with Gasteiger partial charge in [0.05, 0.1) is 0 Å². The van der Waals surface area contributed by atoms with Crippen LogP contribution in [0.4, 0.5) is 5.69 Å². The summed E-state index contributed by atoms with van der Waals surface area (Å²) >= 11 is 0. The molecule has 1 N–H and O–H groups in total. The van der Waals surface area contributed by atoms with Gasteiger partial charge in [-0.15, -0.1) is 0 Å². The number of hydrogen-bond donors (Lipinski definition) is 1. The molecule has 1 atom stereocenters. The van der Waals surface area contributed by atoms with E-state index >= 15 is 0 Å². The Hall–Kier alpha value is -2.15. The summed E-state index contributed by atoms with van der Waals surface area (Å²) < 4.78 is 0. The molecule has 0 saturated carbocycles. The highest BCUT2D eigenvalue weighted by Gasteiger charge is 2.22. The third kappa shape index (κ3) is 4.24. The third-order valence-electron chi connectivity index (χ3n) is 5.22. The molecule has 1 saturated heterocycles. The summed E-state index contributed by atoms with van der Waals surface area (Å²) in [5.74, 6) is 0. The molecule has 138 valence electrons. The van der Waals surface area contributed by atoms with Gasteiger partial charge in [-0.3, -0.25) is 0 Å². The van der Waals surface area contributed by atoms with Gasteiger partial charge in [-0.1, -0.05) is 78.9 Å². The van der Waals surface area contributed by atoms with Crippen LogP contribution in [0.5, 0.6) is 0 Å². The molecule has 2 nitrogen and oxygen atoms in total. The Balaban J connectivity index is 1.74. The molecule has 0 bridgehead atoms. The first-order valence-corrected chi connectivity index (χ1v) is 11.1. The van der Waals surface area contributed by atoms with E-state index in [0.29, 0.717) is 6.04 Å². The molecule has 0 spiro atoms. The molecule has 0 aliphatic carbocycles. The molecule has 1 fully saturated rings. The van der Waals surface area contributed by atoms with Crippen LogP contribution in [0, 0.1) is 0 Å². The quantitative estimate of drug-likeness (QED) is 0.663. The lowest BCUT2D eigenvalue weighted by molar-refractivity contribution is 0.600. The molecular formula is C24H27N2P. The Morgan fingerprint density at radius 2 is 1.44 bits per heavy atom. The summed E-state index contributed by atoms with van der Waals surface area (Å²) in [6.07, 6.45) is 2.57. The second-order valence-electron chi connectivity index (χ2n) is 7.17. The maximum absolute atomic E-state index is 3.63. The van der Waals surface area contributed by atoms with Crippen molar-refractivity contribution in [2.75, 3.05) is 25.0 Å². The average molecular weight is 374 g/mol. The van der Waals surface area contributed by atoms with Gasteiger partial charge >= 0.3 is 0 Å². The summed E-state index contributed by atoms with van der Waals surface area (Å²) in [5.41, 5.74) is 1.35. The maximum Gasteiger partial charge on any atom is 0.0448 e. The monoisotopic (exact) mass is 374 g/mol. The molecular weight excluding hydrogens is 347 g/mol. The van der Waals surface area contributed by atoms with Crippen molar-refractivity contribution in [3.8, 4) is 0 Å². The minimum absolute atomic E-state index is 0.579. The van der Waals surface area contributed by atoms with Crippen LogP contribution in [-0.2, 0) is 0 Å². The summed E-state index contributed by atoms with van der Waals surface area (Å²) in [7, 11) is 1.66. The van der Waals surface area contributed by atoms with Crippen molar-refractivity contribution in [3.63, 3.8) is 0 Å². The first-order valence-electron chi connectivity index (χ1n) is 9.77. The molecule has 1 aliphatic heterocycles. The molecule has 0 amide bonds. The van der Waals surface area contributed by atoms with Gasteiger partial charge in [0.25, 0.3) is 0 Å². The fraction of sp³-hybridized carbons (Fsp3) is 0.250. The molecule has 1 aliphatic rings. The number of likely N-dealkylation sites (N-methyl/N-ethyl adjacent to an activating group) is 1. The highest BCUT2D eigenvalue weighted by Crippen LogP contribution is 2.36. The van der Waals surface area contributed by atoms with Crippen molar-refractivity contribution < 1.29 is 0 Å². The predicted octanol–water partition coefficient (Wildman–Crippen LogP) is 3.63. The third-order valence-corrected chi connectivity index (χ3v) is 7.71. The number of hydrogen-bond acceptors (Lipinski definition) is 2. The summed E-state index contributed by atoms with van der Waals surface area (Å²) in [4.78, 5) is 2.44. The van der Waals surface area contributed by atoms with E-state index in [9.17, 15) is 0 Å². The number of rotatable bonds is 6. The molecule has 1 unspecified atom stereocenters. The Labute approximate surface area is 164 Å². The van der Waals surface area contributed by atoms with E-state index < -0.39 is 7.92 Å². The molecule has 1 heterocycles. The number of nitrogens with one attached hydrogen (secondary N) is 1. The van der Waals surface area contributed by atoms with Gasteiger partial charge in [0.2, 0.25) is 0 Å². The van der Waals surface area contributed by atoms with Crippen LogP contribution in [0.25, 0.3) is 0 Å². The van der Waals surface area contributed by atoms with Crippen molar-refractivity contribution in [3.05, 3.63) is 84.9 Å². The van der Waals surface area contributed by atoms with Crippen molar-refractivity contribution >= 4 is 29.5 Å². The number of para-hydroxylation sites is 1. The van der Waals surface area contributed by atoms with Crippen LogP contribution in [0.1, 0.15) is 12.8 Å². The Bertz CT molecular complexity index is 805. The van der Waals surface area contributed by atoms with Crippen LogP contribution in [0.3, 0.4) is 0 Å². The van der Waals surface area contributed by atoms with Crippen molar-refractivity contribution in [1.82, 2.24) is 5.32 Å². The summed E-state index contributed by atoms with van der Waals surface area (Å²) in [6.45, 7) is 2.21. The van der Waals surface area contributed by atoms with E-state index in [2.05, 4.69) is 102 Å². The SMILES string of the molecule is CN(CC1CCCN1)c1ccccc1P(c1ccccc1)c1ccccc1. The number of benzene rings is 3. The van der Waals surface area contributed by atoms with Gasteiger partial charge in [-0.05, 0) is 44.0 Å². The van der Waals surface area contributed by atoms with Gasteiger partial charge < -0.3 is 10.2 Å². The Kier molecular flexibility index (Phi) is 5.87. The summed E-state index contributed by atoms with van der Waals surface area (Å²) in [5, 5.41) is 7.87. The number of nitrogens with zero attached hydrogens (tertiary/aromatic N) is 1. The van der Waals surface area contributed by atoms with E-state index in [0.717, 1.165) is 13.1 Å². The van der Waals surface area contributed by atoms with Crippen LogP contribution < -0.4 is 26.1 Å². The first-order chi connectivity index (χ1) is 13.3. The van der Waals surface area contributed by atoms with Crippen molar-refractivity contribution in [2.24, 2.45) is 0 Å². The highest BCUT2D eigenvalue weighted by atomic mass is 31.1. The van der Waals surface area contributed by atoms with E-state index in [1.165, 1.54) is 34.4 Å². The zero-order valence-electron chi connectivity index (χ0n) is 15.9. The van der Waals surface area contributed by atoms with Gasteiger partial charge in [-0.2, -0.15) is 0 Å². The lowest BCUT2D eigenvalue weighted by Crippen LogP contribution is -2.37. The largest absolute Gasteiger partial charge is 0.373 e. The molecule has 0 radical (unpaired) electrons. The van der Waals surface area contributed by atoms with Crippen LogP contribution in [0.2, 0.25) is 0 Å². The molecule has 4 rings (SSSR count). The predicted molar refractivity (Wildman–Crippen MR) is 119 cm³/mol. The topological polar surface area (TPSA) is 15.3 Å². The van der Waals surface area contributed by atoms with E-state index in [-0.39, 0.29) is 0 Å². The van der Waals surface area contributed by atoms with E-state index in [1.807, 2.05) is 0 Å². The van der Waals surface area contributed by atoms with E-state index in [1.54, 1.807) is 0 Å². The highest BCUT2D eigenvalue weighted by molar-refractivity contribution is 7.80. The number of anilines is 1. The van der Waals surface area contributed by atoms with Gasteiger partial charge in [0, 0.05) is 30.6 Å². The lowest BCUT2D eigenvalue weighted by atomic mass is 10.2. The minimum atomic E-state index is -0.579. The lowest BCUT2D eigenvalue weighted by Gasteiger charge is -2.29. The molecule has 3 heteroatoms. The molecule has 3 aromatic carbocycles. The Morgan fingerprint density at radius 3 is 2.04 bits per heavy atom. The smallest absolute Gasteiger partial charge is 0.0448 e.